The molecule has 2 bridgehead atoms. The number of fused-ring (bicyclic) bond motifs is 3. The number of nitrogens with zero attached hydrogens (tertiary/aromatic N) is 3. The first kappa shape index (κ1) is 26.6. The van der Waals surface area contributed by atoms with Gasteiger partial charge >= 0.3 is 0 Å². The first-order chi connectivity index (χ1) is 17.9. The van der Waals surface area contributed by atoms with Crippen molar-refractivity contribution in [2.45, 2.75) is 49.9 Å². The predicted octanol–water partition coefficient (Wildman–Crippen LogP) is 3.61. The summed E-state index contributed by atoms with van der Waals surface area (Å²) in [6, 6.07) is 17.0. The Labute approximate surface area is 218 Å². The van der Waals surface area contributed by atoms with Gasteiger partial charge in [-0.05, 0) is 30.5 Å². The van der Waals surface area contributed by atoms with E-state index < -0.39 is 0 Å². The van der Waals surface area contributed by atoms with Gasteiger partial charge in [-0.25, -0.2) is 0 Å². The zero-order chi connectivity index (χ0) is 26.4. The average molecular weight is 506 g/mol. The van der Waals surface area contributed by atoms with E-state index in [1.807, 2.05) is 30.3 Å². The highest BCUT2D eigenvalue weighted by atomic mass is 16.5. The summed E-state index contributed by atoms with van der Waals surface area (Å²) in [5.74, 6) is -0.182. The fraction of sp³-hybridized carbons (Fsp3) is 0.483. The van der Waals surface area contributed by atoms with Crippen molar-refractivity contribution in [2.24, 2.45) is 0 Å². The zero-order valence-corrected chi connectivity index (χ0v) is 21.8. The number of hydrogen-bond donors (Lipinski definition) is 0. The number of likely N-dealkylation sites (N-methyl/N-ethyl adjacent to an activating group) is 2. The van der Waals surface area contributed by atoms with Crippen LogP contribution in [0, 0.1) is 11.3 Å². The summed E-state index contributed by atoms with van der Waals surface area (Å²) in [5.41, 5.74) is 1.64. The van der Waals surface area contributed by atoms with Gasteiger partial charge in [0.05, 0.1) is 29.9 Å². The number of ether oxygens (including phenoxy) is 3. The SMILES string of the molecule is CO[C@@H]1CC[C@@H]2CCOc3c(C#N)cccc3C(=O)N(C)C[C@H](c3ccccc3)CC(=O)N(C)C[C@@H]1O2. The van der Waals surface area contributed by atoms with Crippen molar-refractivity contribution in [3.63, 3.8) is 0 Å². The van der Waals surface area contributed by atoms with Crippen molar-refractivity contribution in [3.8, 4) is 11.8 Å². The van der Waals surface area contributed by atoms with Crippen molar-refractivity contribution in [1.82, 2.24) is 9.80 Å². The first-order valence-corrected chi connectivity index (χ1v) is 12.8. The molecule has 2 amide bonds. The molecule has 4 rings (SSSR count). The second kappa shape index (κ2) is 12.2. The highest BCUT2D eigenvalue weighted by molar-refractivity contribution is 5.97. The van der Waals surface area contributed by atoms with Gasteiger partial charge in [0.1, 0.15) is 17.9 Å². The van der Waals surface area contributed by atoms with E-state index in [4.69, 9.17) is 14.2 Å². The maximum Gasteiger partial charge on any atom is 0.257 e. The van der Waals surface area contributed by atoms with Gasteiger partial charge in [-0.15, -0.1) is 0 Å². The van der Waals surface area contributed by atoms with Crippen LogP contribution in [0.15, 0.2) is 48.5 Å². The van der Waals surface area contributed by atoms with Gasteiger partial charge in [-0.1, -0.05) is 36.4 Å². The molecule has 0 saturated carbocycles. The van der Waals surface area contributed by atoms with E-state index >= 15 is 0 Å². The molecule has 0 N–H and O–H groups in total. The Morgan fingerprint density at radius 3 is 2.49 bits per heavy atom. The summed E-state index contributed by atoms with van der Waals surface area (Å²) in [5, 5.41) is 9.69. The molecule has 2 heterocycles. The second-order valence-corrected chi connectivity index (χ2v) is 9.85. The van der Waals surface area contributed by atoms with Crippen molar-refractivity contribution >= 4 is 11.8 Å². The van der Waals surface area contributed by atoms with Crippen molar-refractivity contribution < 1.29 is 23.8 Å². The maximum absolute atomic E-state index is 13.6. The summed E-state index contributed by atoms with van der Waals surface area (Å²) in [4.78, 5) is 30.3. The number of nitriles is 1. The minimum absolute atomic E-state index is 0.0159. The fourth-order valence-corrected chi connectivity index (χ4v) is 5.19. The topological polar surface area (TPSA) is 92.1 Å². The highest BCUT2D eigenvalue weighted by Gasteiger charge is 2.34. The third kappa shape index (κ3) is 6.30. The van der Waals surface area contributed by atoms with Crippen LogP contribution in [0.1, 0.15) is 53.1 Å². The summed E-state index contributed by atoms with van der Waals surface area (Å²) >= 11 is 0. The van der Waals surface area contributed by atoms with Crippen LogP contribution in [0.4, 0.5) is 0 Å². The van der Waals surface area contributed by atoms with Crippen LogP contribution in [0.5, 0.6) is 5.75 Å². The van der Waals surface area contributed by atoms with Crippen molar-refractivity contribution in [1.29, 1.82) is 5.26 Å². The minimum atomic E-state index is -0.252. The van der Waals surface area contributed by atoms with Gasteiger partial charge in [-0.2, -0.15) is 5.26 Å². The molecule has 0 spiro atoms. The lowest BCUT2D eigenvalue weighted by Gasteiger charge is -2.38. The Hall–Kier alpha value is -3.41. The highest BCUT2D eigenvalue weighted by Crippen LogP contribution is 2.30. The second-order valence-electron chi connectivity index (χ2n) is 9.85. The van der Waals surface area contributed by atoms with Gasteiger partial charge in [0.25, 0.3) is 5.91 Å². The smallest absolute Gasteiger partial charge is 0.257 e. The Morgan fingerprint density at radius 2 is 1.76 bits per heavy atom. The number of para-hydroxylation sites is 1. The molecule has 2 aliphatic rings. The Balaban J connectivity index is 1.69. The molecule has 8 nitrogen and oxygen atoms in total. The van der Waals surface area contributed by atoms with Gasteiger partial charge in [0, 0.05) is 53.1 Å². The molecule has 196 valence electrons. The van der Waals surface area contributed by atoms with Gasteiger partial charge in [0.2, 0.25) is 5.91 Å². The molecule has 2 aliphatic heterocycles. The number of benzene rings is 2. The normalized spacial score (nSPS) is 25.7. The van der Waals surface area contributed by atoms with E-state index in [-0.39, 0.29) is 42.5 Å². The number of methoxy groups -OCH3 is 1. The number of hydrogen-bond acceptors (Lipinski definition) is 6. The number of amides is 2. The van der Waals surface area contributed by atoms with E-state index in [0.29, 0.717) is 43.0 Å². The number of carbonyl (C=O) groups is 2. The quantitative estimate of drug-likeness (QED) is 0.619. The van der Waals surface area contributed by atoms with Crippen LogP contribution in [-0.4, -0.2) is 80.8 Å². The maximum atomic E-state index is 13.6. The van der Waals surface area contributed by atoms with Crippen LogP contribution < -0.4 is 4.74 Å². The molecule has 4 atom stereocenters. The van der Waals surface area contributed by atoms with E-state index in [1.165, 1.54) is 0 Å². The van der Waals surface area contributed by atoms with E-state index in [0.717, 1.165) is 18.4 Å². The van der Waals surface area contributed by atoms with E-state index in [1.54, 1.807) is 49.2 Å². The molecule has 1 fully saturated rings. The van der Waals surface area contributed by atoms with Crippen molar-refractivity contribution in [3.05, 3.63) is 65.2 Å². The largest absolute Gasteiger partial charge is 0.491 e. The average Bonchev–Trinajstić information content (AvgIpc) is 2.92. The number of carbonyl (C=O) groups excluding carboxylic acids is 2. The van der Waals surface area contributed by atoms with Gasteiger partial charge < -0.3 is 24.0 Å². The molecule has 1 saturated heterocycles. The van der Waals surface area contributed by atoms with Crippen LogP contribution >= 0.6 is 0 Å². The van der Waals surface area contributed by atoms with Crippen LogP contribution in [0.2, 0.25) is 0 Å². The fourth-order valence-electron chi connectivity index (χ4n) is 5.19. The predicted molar refractivity (Wildman–Crippen MR) is 138 cm³/mol. The lowest BCUT2D eigenvalue weighted by atomic mass is 9.93. The molecule has 0 aliphatic carbocycles. The third-order valence-corrected chi connectivity index (χ3v) is 7.32. The molecule has 2 aromatic rings. The standard InChI is InChI=1S/C29H35N3O5/c1-31-19-26-25(35-3)13-12-23(37-26)14-15-36-28-21(17-30)10-7-11-24(28)29(34)32(2)18-22(16-27(31)33)20-8-5-4-6-9-20/h4-11,22-23,25-26H,12-16,18-19H2,1-3H3/t22-,23-,25-,26+/m1/s1. The van der Waals surface area contributed by atoms with Gasteiger partial charge in [0.15, 0.2) is 0 Å². The monoisotopic (exact) mass is 505 g/mol. The zero-order valence-electron chi connectivity index (χ0n) is 21.8. The van der Waals surface area contributed by atoms with Crippen LogP contribution in [0.25, 0.3) is 0 Å². The Morgan fingerprint density at radius 1 is 0.973 bits per heavy atom. The summed E-state index contributed by atoms with van der Waals surface area (Å²) in [7, 11) is 5.20. The van der Waals surface area contributed by atoms with Gasteiger partial charge in [-0.3, -0.25) is 9.59 Å². The Bertz CT molecular complexity index is 1130. The van der Waals surface area contributed by atoms with E-state index in [9.17, 15) is 14.9 Å². The third-order valence-electron chi connectivity index (χ3n) is 7.32. The molecule has 0 radical (unpaired) electrons. The van der Waals surface area contributed by atoms with E-state index in [2.05, 4.69) is 6.07 Å². The van der Waals surface area contributed by atoms with Crippen LogP contribution in [0.3, 0.4) is 0 Å². The van der Waals surface area contributed by atoms with Crippen molar-refractivity contribution in [2.75, 3.05) is 40.9 Å². The molecule has 0 unspecified atom stereocenters. The number of rotatable bonds is 2. The first-order valence-electron chi connectivity index (χ1n) is 12.8. The molecule has 0 aromatic heterocycles. The lowest BCUT2D eigenvalue weighted by Crippen LogP contribution is -2.48. The minimum Gasteiger partial charge on any atom is -0.491 e. The molecular weight excluding hydrogens is 470 g/mol. The molecule has 2 aromatic carbocycles. The molecule has 37 heavy (non-hydrogen) atoms. The van der Waals surface area contributed by atoms with Crippen LogP contribution in [-0.2, 0) is 14.3 Å². The summed E-state index contributed by atoms with van der Waals surface area (Å²) in [6.07, 6.45) is 2.07. The lowest BCUT2D eigenvalue weighted by molar-refractivity contribution is -0.150. The molecular formula is C29H35N3O5. The summed E-state index contributed by atoms with van der Waals surface area (Å²) < 4.78 is 18.1. The summed E-state index contributed by atoms with van der Waals surface area (Å²) in [6.45, 7) is 1.06. The molecule has 8 heteroatoms. The Kier molecular flexibility index (Phi) is 8.80.